The predicted octanol–water partition coefficient (Wildman–Crippen LogP) is 2.39. The summed E-state index contributed by atoms with van der Waals surface area (Å²) in [4.78, 5) is 18.7. The van der Waals surface area contributed by atoms with Crippen LogP contribution in [0.1, 0.15) is 15.9 Å². The van der Waals surface area contributed by atoms with E-state index in [4.69, 9.17) is 4.74 Å². The van der Waals surface area contributed by atoms with Crippen LogP contribution >= 0.6 is 0 Å². The average molecular weight is 377 g/mol. The zero-order valence-electron chi connectivity index (χ0n) is 15.6. The van der Waals surface area contributed by atoms with Crippen LogP contribution in [0.4, 0.5) is 5.82 Å². The Morgan fingerprint density at radius 1 is 1.14 bits per heavy atom. The standard InChI is InChI=1S/C21H23N5O2/c27-21(25-10-12-28-13-11-25)18-7-9-23-20(14-18)22-8-6-17-15-24-26(16-17)19-4-2-1-3-5-19/h1-5,7,9,14-16H,6,8,10-13H2,(H,22,23). The molecule has 3 aromatic rings. The SMILES string of the molecule is O=C(c1ccnc(NCCc2cnn(-c3ccccc3)c2)c1)N1CCOCC1. The molecule has 144 valence electrons. The Kier molecular flexibility index (Phi) is 5.63. The Hall–Kier alpha value is -3.19. The number of benzene rings is 1. The van der Waals surface area contributed by atoms with Crippen LogP contribution in [0.25, 0.3) is 5.69 Å². The lowest BCUT2D eigenvalue weighted by molar-refractivity contribution is 0.0303. The third-order valence-electron chi connectivity index (χ3n) is 4.68. The Balaban J connectivity index is 1.33. The first-order chi connectivity index (χ1) is 13.8. The van der Waals surface area contributed by atoms with Crippen molar-refractivity contribution in [3.8, 4) is 5.69 Å². The molecule has 0 aliphatic carbocycles. The lowest BCUT2D eigenvalue weighted by Gasteiger charge is -2.26. The fraction of sp³-hybridized carbons (Fsp3) is 0.286. The molecule has 3 heterocycles. The average Bonchev–Trinajstić information content (AvgIpc) is 3.24. The van der Waals surface area contributed by atoms with Crippen LogP contribution in [0.15, 0.2) is 61.1 Å². The van der Waals surface area contributed by atoms with Crippen LogP contribution in [0, 0.1) is 0 Å². The molecule has 0 bridgehead atoms. The van der Waals surface area contributed by atoms with Gasteiger partial charge in [0.15, 0.2) is 0 Å². The Morgan fingerprint density at radius 3 is 2.79 bits per heavy atom. The van der Waals surface area contributed by atoms with Gasteiger partial charge in [0.2, 0.25) is 0 Å². The number of para-hydroxylation sites is 1. The monoisotopic (exact) mass is 377 g/mol. The Morgan fingerprint density at radius 2 is 1.96 bits per heavy atom. The van der Waals surface area contributed by atoms with Crippen molar-refractivity contribution >= 4 is 11.7 Å². The molecule has 2 aromatic heterocycles. The van der Waals surface area contributed by atoms with Gasteiger partial charge >= 0.3 is 0 Å². The predicted molar refractivity (Wildman–Crippen MR) is 107 cm³/mol. The number of morpholine rings is 1. The van der Waals surface area contributed by atoms with Crippen molar-refractivity contribution in [1.82, 2.24) is 19.7 Å². The molecule has 4 rings (SSSR count). The summed E-state index contributed by atoms with van der Waals surface area (Å²) < 4.78 is 7.18. The molecule has 7 heteroatoms. The van der Waals surface area contributed by atoms with Gasteiger partial charge in [0.1, 0.15) is 5.82 Å². The second-order valence-electron chi connectivity index (χ2n) is 6.64. The number of nitrogens with zero attached hydrogens (tertiary/aromatic N) is 4. The van der Waals surface area contributed by atoms with E-state index in [1.54, 1.807) is 12.3 Å². The van der Waals surface area contributed by atoms with Crippen LogP contribution in [-0.2, 0) is 11.2 Å². The Labute approximate surface area is 164 Å². The number of aromatic nitrogens is 3. The largest absolute Gasteiger partial charge is 0.378 e. The fourth-order valence-electron chi connectivity index (χ4n) is 3.16. The van der Waals surface area contributed by atoms with Crippen molar-refractivity contribution < 1.29 is 9.53 Å². The van der Waals surface area contributed by atoms with E-state index in [0.29, 0.717) is 44.2 Å². The molecule has 1 aliphatic heterocycles. The summed E-state index contributed by atoms with van der Waals surface area (Å²) in [5, 5.41) is 7.71. The first-order valence-electron chi connectivity index (χ1n) is 9.45. The first kappa shape index (κ1) is 18.2. The number of ether oxygens (including phenoxy) is 1. The summed E-state index contributed by atoms with van der Waals surface area (Å²) >= 11 is 0. The molecule has 28 heavy (non-hydrogen) atoms. The summed E-state index contributed by atoms with van der Waals surface area (Å²) in [6.07, 6.45) is 6.39. The molecule has 0 radical (unpaired) electrons. The molecule has 1 fully saturated rings. The molecule has 1 N–H and O–H groups in total. The van der Waals surface area contributed by atoms with Gasteiger partial charge in [-0.3, -0.25) is 4.79 Å². The molecule has 1 amide bonds. The molecule has 0 spiro atoms. The Bertz CT molecular complexity index is 919. The molecular formula is C21H23N5O2. The summed E-state index contributed by atoms with van der Waals surface area (Å²) in [5.74, 6) is 0.729. The molecular weight excluding hydrogens is 354 g/mol. The van der Waals surface area contributed by atoms with E-state index in [1.807, 2.05) is 58.4 Å². The normalized spacial score (nSPS) is 14.1. The molecule has 0 saturated carbocycles. The number of hydrogen-bond acceptors (Lipinski definition) is 5. The number of pyridine rings is 1. The number of hydrogen-bond donors (Lipinski definition) is 1. The first-order valence-corrected chi connectivity index (χ1v) is 9.45. The fourth-order valence-corrected chi connectivity index (χ4v) is 3.16. The summed E-state index contributed by atoms with van der Waals surface area (Å²) in [5.41, 5.74) is 2.82. The number of amides is 1. The summed E-state index contributed by atoms with van der Waals surface area (Å²) in [6.45, 7) is 3.17. The van der Waals surface area contributed by atoms with Gasteiger partial charge in [-0.1, -0.05) is 18.2 Å². The second kappa shape index (κ2) is 8.67. The maximum Gasteiger partial charge on any atom is 0.254 e. The smallest absolute Gasteiger partial charge is 0.254 e. The van der Waals surface area contributed by atoms with Gasteiger partial charge in [0, 0.05) is 37.6 Å². The van der Waals surface area contributed by atoms with E-state index in [0.717, 1.165) is 17.7 Å². The second-order valence-corrected chi connectivity index (χ2v) is 6.64. The van der Waals surface area contributed by atoms with Gasteiger partial charge in [-0.2, -0.15) is 5.10 Å². The van der Waals surface area contributed by atoms with Crippen LogP contribution < -0.4 is 5.32 Å². The third-order valence-corrected chi connectivity index (χ3v) is 4.68. The maximum absolute atomic E-state index is 12.6. The number of rotatable bonds is 6. The van der Waals surface area contributed by atoms with Gasteiger partial charge in [-0.15, -0.1) is 0 Å². The van der Waals surface area contributed by atoms with Crippen LogP contribution in [0.2, 0.25) is 0 Å². The van der Waals surface area contributed by atoms with Gasteiger partial charge in [-0.25, -0.2) is 9.67 Å². The number of nitrogens with one attached hydrogen (secondary N) is 1. The summed E-state index contributed by atoms with van der Waals surface area (Å²) in [7, 11) is 0. The van der Waals surface area contributed by atoms with E-state index in [2.05, 4.69) is 15.4 Å². The highest BCUT2D eigenvalue weighted by Gasteiger charge is 2.18. The molecule has 1 saturated heterocycles. The molecule has 1 aromatic carbocycles. The van der Waals surface area contributed by atoms with Crippen molar-refractivity contribution in [1.29, 1.82) is 0 Å². The van der Waals surface area contributed by atoms with E-state index in [-0.39, 0.29) is 5.91 Å². The highest BCUT2D eigenvalue weighted by atomic mass is 16.5. The quantitative estimate of drug-likeness (QED) is 0.714. The van der Waals surface area contributed by atoms with Gasteiger partial charge < -0.3 is 15.0 Å². The van der Waals surface area contributed by atoms with Crippen molar-refractivity contribution in [3.05, 3.63) is 72.2 Å². The van der Waals surface area contributed by atoms with E-state index in [9.17, 15) is 4.79 Å². The van der Waals surface area contributed by atoms with Crippen molar-refractivity contribution in [2.75, 3.05) is 38.2 Å². The van der Waals surface area contributed by atoms with Gasteiger partial charge in [0.05, 0.1) is 25.1 Å². The maximum atomic E-state index is 12.6. The minimum Gasteiger partial charge on any atom is -0.378 e. The topological polar surface area (TPSA) is 72.3 Å². The highest BCUT2D eigenvalue weighted by molar-refractivity contribution is 5.94. The van der Waals surface area contributed by atoms with Gasteiger partial charge in [-0.05, 0) is 36.2 Å². The highest BCUT2D eigenvalue weighted by Crippen LogP contribution is 2.12. The number of carbonyl (C=O) groups is 1. The lowest BCUT2D eigenvalue weighted by atomic mass is 10.2. The van der Waals surface area contributed by atoms with Gasteiger partial charge in [0.25, 0.3) is 5.91 Å². The third kappa shape index (κ3) is 4.37. The minimum atomic E-state index is 0.0258. The number of anilines is 1. The molecule has 7 nitrogen and oxygen atoms in total. The zero-order chi connectivity index (χ0) is 19.2. The van der Waals surface area contributed by atoms with Crippen molar-refractivity contribution in [3.63, 3.8) is 0 Å². The lowest BCUT2D eigenvalue weighted by Crippen LogP contribution is -2.40. The molecule has 1 aliphatic rings. The van der Waals surface area contributed by atoms with E-state index >= 15 is 0 Å². The minimum absolute atomic E-state index is 0.0258. The molecule has 0 atom stereocenters. The van der Waals surface area contributed by atoms with Crippen LogP contribution in [0.5, 0.6) is 0 Å². The summed E-state index contributed by atoms with van der Waals surface area (Å²) in [6, 6.07) is 13.6. The number of carbonyl (C=O) groups excluding carboxylic acids is 1. The van der Waals surface area contributed by atoms with Crippen molar-refractivity contribution in [2.45, 2.75) is 6.42 Å². The van der Waals surface area contributed by atoms with E-state index in [1.165, 1.54) is 0 Å². The van der Waals surface area contributed by atoms with E-state index < -0.39 is 0 Å². The molecule has 0 unspecified atom stereocenters. The van der Waals surface area contributed by atoms with Crippen molar-refractivity contribution in [2.24, 2.45) is 0 Å². The van der Waals surface area contributed by atoms with Crippen LogP contribution in [-0.4, -0.2) is 58.4 Å². The van der Waals surface area contributed by atoms with Crippen LogP contribution in [0.3, 0.4) is 0 Å². The zero-order valence-corrected chi connectivity index (χ0v) is 15.6.